The van der Waals surface area contributed by atoms with Crippen molar-refractivity contribution in [1.82, 2.24) is 10.2 Å². The Balaban J connectivity index is 1.26. The quantitative estimate of drug-likeness (QED) is 0.450. The third-order valence-corrected chi connectivity index (χ3v) is 5.09. The summed E-state index contributed by atoms with van der Waals surface area (Å²) in [5.41, 5.74) is 5.10. The molecule has 0 amide bonds. The van der Waals surface area contributed by atoms with E-state index in [2.05, 4.69) is 10.2 Å². The van der Waals surface area contributed by atoms with Crippen LogP contribution in [0.3, 0.4) is 0 Å². The fourth-order valence-electron chi connectivity index (χ4n) is 3.42. The van der Waals surface area contributed by atoms with Gasteiger partial charge in [0, 0.05) is 17.5 Å². The van der Waals surface area contributed by atoms with E-state index in [9.17, 15) is 9.59 Å². The summed E-state index contributed by atoms with van der Waals surface area (Å²) in [5.74, 6) is 0.129. The van der Waals surface area contributed by atoms with E-state index < -0.39 is 5.97 Å². The molecule has 2 aromatic carbocycles. The molecule has 1 heterocycles. The molecule has 0 saturated carbocycles. The lowest BCUT2D eigenvalue weighted by atomic mass is 10.0. The number of hydrogen-bond acceptors (Lipinski definition) is 6. The molecule has 148 valence electrons. The van der Waals surface area contributed by atoms with Crippen LogP contribution in [-0.4, -0.2) is 28.6 Å². The first kappa shape index (κ1) is 19.1. The highest BCUT2D eigenvalue weighted by Gasteiger charge is 2.16. The standard InChI is InChI=1S/C23H22N2O4/c1-15-5-7-17(8-6-15)23-25-24-21(29-23)11-12-22(27)28-14-20(26)19-10-9-16-3-2-4-18(16)13-19/h5-10,13H,2-4,11-12,14H2,1H3. The number of esters is 1. The number of hydrogen-bond donors (Lipinski definition) is 0. The van der Waals surface area contributed by atoms with Crippen LogP contribution in [0.5, 0.6) is 0 Å². The predicted molar refractivity (Wildman–Crippen MR) is 107 cm³/mol. The Labute approximate surface area is 168 Å². The van der Waals surface area contributed by atoms with Crippen molar-refractivity contribution in [3.8, 4) is 11.5 Å². The van der Waals surface area contributed by atoms with Gasteiger partial charge in [-0.3, -0.25) is 9.59 Å². The maximum Gasteiger partial charge on any atom is 0.306 e. The topological polar surface area (TPSA) is 82.3 Å². The van der Waals surface area contributed by atoms with Gasteiger partial charge in [-0.15, -0.1) is 10.2 Å². The number of benzene rings is 2. The summed E-state index contributed by atoms with van der Waals surface area (Å²) in [5, 5.41) is 7.99. The number of fused-ring (bicyclic) bond motifs is 1. The first-order valence-electron chi connectivity index (χ1n) is 9.78. The third-order valence-electron chi connectivity index (χ3n) is 5.09. The molecule has 29 heavy (non-hydrogen) atoms. The molecule has 0 N–H and O–H groups in total. The van der Waals surface area contributed by atoms with Crippen molar-refractivity contribution >= 4 is 11.8 Å². The molecule has 0 atom stereocenters. The number of aryl methyl sites for hydroxylation is 4. The van der Waals surface area contributed by atoms with Gasteiger partial charge in [-0.1, -0.05) is 29.8 Å². The summed E-state index contributed by atoms with van der Waals surface area (Å²) < 4.78 is 10.7. The predicted octanol–water partition coefficient (Wildman–Crippen LogP) is 3.89. The van der Waals surface area contributed by atoms with Gasteiger partial charge in [0.05, 0.1) is 6.42 Å². The maximum absolute atomic E-state index is 12.3. The molecule has 0 unspecified atom stereocenters. The van der Waals surface area contributed by atoms with Crippen molar-refractivity contribution < 1.29 is 18.7 Å². The van der Waals surface area contributed by atoms with E-state index in [1.807, 2.05) is 49.4 Å². The summed E-state index contributed by atoms with van der Waals surface area (Å²) in [4.78, 5) is 24.3. The van der Waals surface area contributed by atoms with Crippen LogP contribution in [0.2, 0.25) is 0 Å². The first-order chi connectivity index (χ1) is 14.1. The molecule has 0 aliphatic heterocycles. The summed E-state index contributed by atoms with van der Waals surface area (Å²) >= 11 is 0. The molecule has 0 bridgehead atoms. The number of aromatic nitrogens is 2. The Kier molecular flexibility index (Phi) is 5.51. The maximum atomic E-state index is 12.3. The molecular weight excluding hydrogens is 368 g/mol. The average molecular weight is 390 g/mol. The van der Waals surface area contributed by atoms with Gasteiger partial charge >= 0.3 is 5.97 Å². The van der Waals surface area contributed by atoms with E-state index in [0.29, 0.717) is 17.3 Å². The Morgan fingerprint density at radius 2 is 1.83 bits per heavy atom. The number of Topliss-reactive ketones (excluding diaryl/α,β-unsaturated/α-hetero) is 1. The Morgan fingerprint density at radius 1 is 1.03 bits per heavy atom. The van der Waals surface area contributed by atoms with Crippen molar-refractivity contribution in [3.63, 3.8) is 0 Å². The Bertz CT molecular complexity index is 1040. The van der Waals surface area contributed by atoms with Gasteiger partial charge < -0.3 is 9.15 Å². The Morgan fingerprint density at radius 3 is 2.66 bits per heavy atom. The van der Waals surface area contributed by atoms with Gasteiger partial charge in [0.1, 0.15) is 0 Å². The zero-order chi connectivity index (χ0) is 20.2. The highest BCUT2D eigenvalue weighted by Crippen LogP contribution is 2.23. The Hall–Kier alpha value is -3.28. The van der Waals surface area contributed by atoms with Crippen molar-refractivity contribution in [2.45, 2.75) is 39.0 Å². The van der Waals surface area contributed by atoms with Crippen LogP contribution in [0.4, 0.5) is 0 Å². The second-order valence-corrected chi connectivity index (χ2v) is 7.29. The van der Waals surface area contributed by atoms with E-state index in [4.69, 9.17) is 9.15 Å². The van der Waals surface area contributed by atoms with Crippen molar-refractivity contribution in [2.24, 2.45) is 0 Å². The second kappa shape index (κ2) is 8.39. The number of nitrogens with zero attached hydrogens (tertiary/aromatic N) is 2. The molecule has 6 heteroatoms. The van der Waals surface area contributed by atoms with Gasteiger partial charge in [0.15, 0.2) is 12.4 Å². The number of ketones is 1. The smallest absolute Gasteiger partial charge is 0.306 e. The summed E-state index contributed by atoms with van der Waals surface area (Å²) in [7, 11) is 0. The van der Waals surface area contributed by atoms with Crippen LogP contribution in [0.1, 0.15) is 45.8 Å². The molecule has 1 aromatic heterocycles. The van der Waals surface area contributed by atoms with E-state index in [1.165, 1.54) is 11.1 Å². The van der Waals surface area contributed by atoms with Gasteiger partial charge in [-0.25, -0.2) is 0 Å². The minimum atomic E-state index is -0.463. The monoisotopic (exact) mass is 390 g/mol. The fraction of sp³-hybridized carbons (Fsp3) is 0.304. The molecule has 3 aromatic rings. The van der Waals surface area contributed by atoms with Crippen LogP contribution in [0, 0.1) is 6.92 Å². The highest BCUT2D eigenvalue weighted by atomic mass is 16.5. The van der Waals surface area contributed by atoms with E-state index >= 15 is 0 Å². The number of rotatable bonds is 7. The van der Waals surface area contributed by atoms with Gasteiger partial charge in [-0.05, 0) is 55.5 Å². The van der Waals surface area contributed by atoms with Gasteiger partial charge in [0.2, 0.25) is 11.8 Å². The molecule has 6 nitrogen and oxygen atoms in total. The average Bonchev–Trinajstić information content (AvgIpc) is 3.40. The van der Waals surface area contributed by atoms with E-state index in [1.54, 1.807) is 0 Å². The summed E-state index contributed by atoms with van der Waals surface area (Å²) in [6.07, 6.45) is 3.55. The number of carbonyl (C=O) groups excluding carboxylic acids is 2. The molecule has 4 rings (SSSR count). The summed E-state index contributed by atoms with van der Waals surface area (Å²) in [6.45, 7) is 1.75. The number of ether oxygens (including phenoxy) is 1. The molecule has 1 aliphatic rings. The van der Waals surface area contributed by atoms with Crippen LogP contribution < -0.4 is 0 Å². The summed E-state index contributed by atoms with van der Waals surface area (Å²) in [6, 6.07) is 13.5. The van der Waals surface area contributed by atoms with Crippen LogP contribution in [-0.2, 0) is 28.8 Å². The first-order valence-corrected chi connectivity index (χ1v) is 9.78. The zero-order valence-corrected chi connectivity index (χ0v) is 16.3. The lowest BCUT2D eigenvalue weighted by Crippen LogP contribution is -2.14. The second-order valence-electron chi connectivity index (χ2n) is 7.29. The molecular formula is C23H22N2O4. The van der Waals surface area contributed by atoms with E-state index in [-0.39, 0.29) is 25.2 Å². The largest absolute Gasteiger partial charge is 0.457 e. The lowest BCUT2D eigenvalue weighted by Gasteiger charge is -2.06. The minimum absolute atomic E-state index is 0.0764. The van der Waals surface area contributed by atoms with Gasteiger partial charge in [-0.2, -0.15) is 0 Å². The van der Waals surface area contributed by atoms with Gasteiger partial charge in [0.25, 0.3) is 0 Å². The van der Waals surface area contributed by atoms with E-state index in [0.717, 1.165) is 30.4 Å². The normalized spacial score (nSPS) is 12.6. The minimum Gasteiger partial charge on any atom is -0.457 e. The molecule has 0 spiro atoms. The number of carbonyl (C=O) groups is 2. The zero-order valence-electron chi connectivity index (χ0n) is 16.3. The van der Waals surface area contributed by atoms with Crippen molar-refractivity contribution in [1.29, 1.82) is 0 Å². The molecule has 1 aliphatic carbocycles. The fourth-order valence-corrected chi connectivity index (χ4v) is 3.42. The molecule has 0 saturated heterocycles. The molecule has 0 fully saturated rings. The van der Waals surface area contributed by atoms with Crippen molar-refractivity contribution in [2.75, 3.05) is 6.61 Å². The lowest BCUT2D eigenvalue weighted by molar-refractivity contribution is -0.142. The highest BCUT2D eigenvalue weighted by molar-refractivity contribution is 5.98. The van der Waals surface area contributed by atoms with Crippen LogP contribution in [0.25, 0.3) is 11.5 Å². The van der Waals surface area contributed by atoms with Crippen molar-refractivity contribution in [3.05, 3.63) is 70.6 Å². The van der Waals surface area contributed by atoms with Crippen LogP contribution >= 0.6 is 0 Å². The third kappa shape index (κ3) is 4.59. The SMILES string of the molecule is Cc1ccc(-c2nnc(CCC(=O)OCC(=O)c3ccc4c(c3)CCC4)o2)cc1. The van der Waals surface area contributed by atoms with Crippen LogP contribution in [0.15, 0.2) is 46.9 Å². The molecule has 0 radical (unpaired) electrons.